The van der Waals surface area contributed by atoms with E-state index in [0.29, 0.717) is 18.3 Å². The van der Waals surface area contributed by atoms with E-state index >= 15 is 0 Å². The Hall–Kier alpha value is -0.850. The maximum Gasteiger partial charge on any atom is 0.120 e. The normalized spacial score (nSPS) is 38.6. The van der Waals surface area contributed by atoms with Crippen molar-refractivity contribution < 1.29 is 4.79 Å². The summed E-state index contributed by atoms with van der Waals surface area (Å²) in [5.74, 6) is 0.922. The second-order valence-corrected chi connectivity index (χ2v) is 4.14. The van der Waals surface area contributed by atoms with Crippen LogP contribution in [0.2, 0.25) is 0 Å². The van der Waals surface area contributed by atoms with Crippen molar-refractivity contribution in [1.29, 1.82) is 0 Å². The van der Waals surface area contributed by atoms with Crippen LogP contribution < -0.4 is 0 Å². The molecule has 0 radical (unpaired) electrons. The van der Waals surface area contributed by atoms with Gasteiger partial charge in [-0.25, -0.2) is 0 Å². The molecular formula is C12H18O. The predicted octanol–water partition coefficient (Wildman–Crippen LogP) is 2.98. The topological polar surface area (TPSA) is 17.1 Å². The van der Waals surface area contributed by atoms with Crippen LogP contribution >= 0.6 is 0 Å². The van der Waals surface area contributed by atoms with Gasteiger partial charge < -0.3 is 4.79 Å². The van der Waals surface area contributed by atoms with Gasteiger partial charge in [-0.05, 0) is 23.7 Å². The van der Waals surface area contributed by atoms with Gasteiger partial charge in [-0.2, -0.15) is 0 Å². The molecule has 13 heavy (non-hydrogen) atoms. The second-order valence-electron chi connectivity index (χ2n) is 4.14. The maximum absolute atomic E-state index is 10.5. The molecule has 0 spiro atoms. The van der Waals surface area contributed by atoms with E-state index in [4.69, 9.17) is 0 Å². The first-order valence-electron chi connectivity index (χ1n) is 4.89. The van der Waals surface area contributed by atoms with Crippen molar-refractivity contribution in [3.63, 3.8) is 0 Å². The highest BCUT2D eigenvalue weighted by Crippen LogP contribution is 2.43. The van der Waals surface area contributed by atoms with Crippen molar-refractivity contribution in [1.82, 2.24) is 0 Å². The van der Waals surface area contributed by atoms with Crippen molar-refractivity contribution in [2.24, 2.45) is 17.3 Å². The van der Waals surface area contributed by atoms with E-state index in [2.05, 4.69) is 32.6 Å². The highest BCUT2D eigenvalue weighted by molar-refractivity contribution is 5.51. The Bertz CT molecular complexity index is 229. The largest absolute Gasteiger partial charge is 0.303 e. The molecule has 0 heterocycles. The third kappa shape index (κ3) is 1.74. The van der Waals surface area contributed by atoms with Crippen LogP contribution in [0.4, 0.5) is 0 Å². The standard InChI is InChI=1S/C12H18O/c1-4-12(3)10(2)6-5-7-11(12)8-9-13/h4-5,7,9-11H,1,6,8H2,2-3H3/t10-,11+,12+/m1/s1. The summed E-state index contributed by atoms with van der Waals surface area (Å²) in [5, 5.41) is 0. The third-order valence-corrected chi connectivity index (χ3v) is 3.51. The number of hydrogen-bond acceptors (Lipinski definition) is 1. The summed E-state index contributed by atoms with van der Waals surface area (Å²) in [6, 6.07) is 0. The summed E-state index contributed by atoms with van der Waals surface area (Å²) in [7, 11) is 0. The van der Waals surface area contributed by atoms with Crippen LogP contribution in [0.25, 0.3) is 0 Å². The van der Waals surface area contributed by atoms with Crippen LogP contribution in [0.1, 0.15) is 26.7 Å². The van der Waals surface area contributed by atoms with Gasteiger partial charge in [0.15, 0.2) is 0 Å². The number of allylic oxidation sites excluding steroid dienone is 3. The van der Waals surface area contributed by atoms with E-state index in [0.717, 1.165) is 12.7 Å². The molecule has 0 saturated carbocycles. The predicted molar refractivity (Wildman–Crippen MR) is 55.4 cm³/mol. The monoisotopic (exact) mass is 178 g/mol. The summed E-state index contributed by atoms with van der Waals surface area (Å²) in [4.78, 5) is 10.5. The molecule has 1 aliphatic rings. The molecule has 1 heteroatoms. The zero-order chi connectivity index (χ0) is 9.90. The molecule has 1 rings (SSSR count). The van der Waals surface area contributed by atoms with Gasteiger partial charge in [0.1, 0.15) is 6.29 Å². The van der Waals surface area contributed by atoms with Gasteiger partial charge in [0, 0.05) is 6.42 Å². The highest BCUT2D eigenvalue weighted by atomic mass is 16.1. The average molecular weight is 178 g/mol. The number of carbonyl (C=O) groups excluding carboxylic acids is 1. The van der Waals surface area contributed by atoms with E-state index in [-0.39, 0.29) is 5.41 Å². The fourth-order valence-corrected chi connectivity index (χ4v) is 2.06. The first kappa shape index (κ1) is 10.2. The summed E-state index contributed by atoms with van der Waals surface area (Å²) in [5.41, 5.74) is 0.0929. The Morgan fingerprint density at radius 3 is 2.92 bits per heavy atom. The first-order valence-corrected chi connectivity index (χ1v) is 4.89. The molecule has 0 aromatic carbocycles. The lowest BCUT2D eigenvalue weighted by Gasteiger charge is -2.40. The first-order chi connectivity index (χ1) is 6.15. The molecule has 3 atom stereocenters. The SMILES string of the molecule is C=C[C@@]1(C)[C@H](C)CC=C[C@H]1CC=O. The van der Waals surface area contributed by atoms with Gasteiger partial charge in [0.25, 0.3) is 0 Å². The molecule has 0 aromatic heterocycles. The summed E-state index contributed by atoms with van der Waals surface area (Å²) < 4.78 is 0. The van der Waals surface area contributed by atoms with Crippen LogP contribution in [0, 0.1) is 17.3 Å². The lowest BCUT2D eigenvalue weighted by Crippen LogP contribution is -2.33. The van der Waals surface area contributed by atoms with Crippen molar-refractivity contribution in [2.75, 3.05) is 0 Å². The number of aldehydes is 1. The van der Waals surface area contributed by atoms with Gasteiger partial charge in [-0.15, -0.1) is 6.58 Å². The molecule has 0 fully saturated rings. The Kier molecular flexibility index (Phi) is 3.07. The molecule has 1 nitrogen and oxygen atoms in total. The Balaban J connectivity index is 2.90. The Labute approximate surface area is 80.5 Å². The van der Waals surface area contributed by atoms with Crippen LogP contribution in [0.3, 0.4) is 0 Å². The van der Waals surface area contributed by atoms with Gasteiger partial charge >= 0.3 is 0 Å². The van der Waals surface area contributed by atoms with Gasteiger partial charge in [0.2, 0.25) is 0 Å². The van der Waals surface area contributed by atoms with Crippen LogP contribution in [-0.4, -0.2) is 6.29 Å². The number of hydrogen-bond donors (Lipinski definition) is 0. The minimum Gasteiger partial charge on any atom is -0.303 e. The van der Waals surface area contributed by atoms with Crippen molar-refractivity contribution in [2.45, 2.75) is 26.7 Å². The molecule has 72 valence electrons. The molecule has 1 aliphatic carbocycles. The molecule has 0 aliphatic heterocycles. The smallest absolute Gasteiger partial charge is 0.120 e. The summed E-state index contributed by atoms with van der Waals surface area (Å²) in [6.07, 6.45) is 9.07. The van der Waals surface area contributed by atoms with E-state index < -0.39 is 0 Å². The third-order valence-electron chi connectivity index (χ3n) is 3.51. The van der Waals surface area contributed by atoms with Crippen LogP contribution in [-0.2, 0) is 4.79 Å². The van der Waals surface area contributed by atoms with E-state index in [1.807, 2.05) is 6.08 Å². The van der Waals surface area contributed by atoms with Crippen LogP contribution in [0.5, 0.6) is 0 Å². The molecular weight excluding hydrogens is 160 g/mol. The molecule has 0 N–H and O–H groups in total. The average Bonchev–Trinajstić information content (AvgIpc) is 2.13. The lowest BCUT2D eigenvalue weighted by atomic mass is 9.64. The van der Waals surface area contributed by atoms with Gasteiger partial charge in [-0.1, -0.05) is 32.1 Å². The van der Waals surface area contributed by atoms with Crippen molar-refractivity contribution >= 4 is 6.29 Å². The van der Waals surface area contributed by atoms with Gasteiger partial charge in [0.05, 0.1) is 0 Å². The molecule has 0 unspecified atom stereocenters. The molecule has 0 bridgehead atoms. The quantitative estimate of drug-likeness (QED) is 0.479. The molecule has 0 saturated heterocycles. The fraction of sp³-hybridized carbons (Fsp3) is 0.583. The van der Waals surface area contributed by atoms with Crippen molar-refractivity contribution in [3.8, 4) is 0 Å². The minimum absolute atomic E-state index is 0.0929. The van der Waals surface area contributed by atoms with E-state index in [1.165, 1.54) is 0 Å². The lowest BCUT2D eigenvalue weighted by molar-refractivity contribution is -0.109. The zero-order valence-corrected chi connectivity index (χ0v) is 8.49. The fourth-order valence-electron chi connectivity index (χ4n) is 2.06. The number of carbonyl (C=O) groups is 1. The Morgan fingerprint density at radius 1 is 1.69 bits per heavy atom. The maximum atomic E-state index is 10.5. The van der Waals surface area contributed by atoms with E-state index in [9.17, 15) is 4.79 Å². The summed E-state index contributed by atoms with van der Waals surface area (Å²) in [6.45, 7) is 8.31. The zero-order valence-electron chi connectivity index (χ0n) is 8.49. The Morgan fingerprint density at radius 2 is 2.38 bits per heavy atom. The van der Waals surface area contributed by atoms with Gasteiger partial charge in [-0.3, -0.25) is 0 Å². The van der Waals surface area contributed by atoms with E-state index in [1.54, 1.807) is 0 Å². The summed E-state index contributed by atoms with van der Waals surface area (Å²) >= 11 is 0. The minimum atomic E-state index is 0.0929. The number of rotatable bonds is 3. The highest BCUT2D eigenvalue weighted by Gasteiger charge is 2.36. The second kappa shape index (κ2) is 3.91. The van der Waals surface area contributed by atoms with Crippen LogP contribution in [0.15, 0.2) is 24.8 Å². The van der Waals surface area contributed by atoms with Crippen molar-refractivity contribution in [3.05, 3.63) is 24.8 Å². The molecule has 0 aromatic rings. The molecule has 0 amide bonds.